The molecule has 4 aromatic carbocycles. The van der Waals surface area contributed by atoms with Crippen LogP contribution in [0.25, 0.3) is 0 Å². The molecule has 7 rings (SSSR count). The SMILES string of the molecule is [Cl][Fe][Cl].c1ccc(C(=Nc2cccc3c2CCCC3)c2cccc(C(=Nc3cccc4c3CCCC4)c3ccccc3)n2)cc1. The number of hydrogen-bond acceptors (Lipinski definition) is 3. The number of fused-ring (bicyclic) bond motifs is 2. The second-order valence-corrected chi connectivity index (χ2v) is 13.2. The largest absolute Gasteiger partial charge is 0.246 e. The summed E-state index contributed by atoms with van der Waals surface area (Å²) in [5, 5.41) is 0. The first kappa shape index (κ1) is 31.5. The predicted molar refractivity (Wildman–Crippen MR) is 186 cm³/mol. The molecular weight excluding hydrogens is 637 g/mol. The second-order valence-electron chi connectivity index (χ2n) is 11.4. The first-order chi connectivity index (χ1) is 22.2. The van der Waals surface area contributed by atoms with Gasteiger partial charge in [0.1, 0.15) is 0 Å². The molecule has 0 unspecified atom stereocenters. The number of aromatic nitrogens is 1. The van der Waals surface area contributed by atoms with E-state index >= 15 is 0 Å². The van der Waals surface area contributed by atoms with Gasteiger partial charge in [-0.2, -0.15) is 0 Å². The van der Waals surface area contributed by atoms with Crippen molar-refractivity contribution in [3.05, 3.63) is 160 Å². The summed E-state index contributed by atoms with van der Waals surface area (Å²) in [6, 6.07) is 40.3. The van der Waals surface area contributed by atoms with Crippen LogP contribution in [0.4, 0.5) is 11.4 Å². The zero-order valence-corrected chi connectivity index (χ0v) is 27.7. The molecule has 0 saturated heterocycles. The van der Waals surface area contributed by atoms with Crippen LogP contribution in [-0.4, -0.2) is 16.4 Å². The van der Waals surface area contributed by atoms with Crippen LogP contribution in [0.3, 0.4) is 0 Å². The fraction of sp³-hybridized carbons (Fsp3) is 0.205. The molecule has 0 aliphatic heterocycles. The number of hydrogen-bond donors (Lipinski definition) is 0. The van der Waals surface area contributed by atoms with E-state index in [0.29, 0.717) is 0 Å². The van der Waals surface area contributed by atoms with Gasteiger partial charge in [0.05, 0.1) is 34.2 Å². The van der Waals surface area contributed by atoms with E-state index in [0.717, 1.165) is 71.0 Å². The first-order valence-corrected chi connectivity index (χ1v) is 18.6. The maximum absolute atomic E-state index is 5.34. The van der Waals surface area contributed by atoms with Crippen LogP contribution in [0.1, 0.15) is 70.5 Å². The third-order valence-corrected chi connectivity index (χ3v) is 8.54. The molecule has 2 aliphatic carbocycles. The van der Waals surface area contributed by atoms with E-state index in [1.54, 1.807) is 0 Å². The smallest absolute Gasteiger partial charge is 0.0966 e. The number of benzene rings is 4. The minimum atomic E-state index is 0.194. The summed E-state index contributed by atoms with van der Waals surface area (Å²) in [4.78, 5) is 16.0. The summed E-state index contributed by atoms with van der Waals surface area (Å²) in [6.45, 7) is 0. The Balaban J connectivity index is 0.00000115. The topological polar surface area (TPSA) is 37.6 Å². The summed E-state index contributed by atoms with van der Waals surface area (Å²) < 4.78 is 0. The standard InChI is InChI=1S/C39H35N3.2ClH.Fe/c1-3-16-30(17-4-1)38(41-34-24-11-20-28-14-7-9-22-32(28)34)36-26-13-27-37(40-36)39(31-18-5-2-6-19-31)42-35-25-12-21-29-15-8-10-23-33(29)35;;;/h1-6,11-13,16-21,24-27H,7-10,14-15,22-23H2;2*1H;/q;;;+2/p-2. The number of nitrogens with zero attached hydrogens (tertiary/aromatic N) is 3. The number of pyridine rings is 1. The monoisotopic (exact) mass is 671 g/mol. The van der Waals surface area contributed by atoms with Crippen LogP contribution >= 0.6 is 20.2 Å². The molecule has 0 fully saturated rings. The molecule has 0 N–H and O–H groups in total. The quantitative estimate of drug-likeness (QED) is 0.131. The molecule has 5 aromatic rings. The van der Waals surface area contributed by atoms with Crippen molar-refractivity contribution < 1.29 is 13.1 Å². The fourth-order valence-corrected chi connectivity index (χ4v) is 6.40. The van der Waals surface area contributed by atoms with Gasteiger partial charge in [0, 0.05) is 11.1 Å². The van der Waals surface area contributed by atoms with Crippen molar-refractivity contribution in [1.29, 1.82) is 0 Å². The van der Waals surface area contributed by atoms with E-state index in [4.69, 9.17) is 35.2 Å². The first-order valence-electron chi connectivity index (χ1n) is 15.6. The Morgan fingerprint density at radius 2 is 0.889 bits per heavy atom. The molecule has 0 amide bonds. The Kier molecular flexibility index (Phi) is 10.9. The van der Waals surface area contributed by atoms with Crippen LogP contribution in [-0.2, 0) is 38.8 Å². The summed E-state index contributed by atoms with van der Waals surface area (Å²) in [5.41, 5.74) is 13.4. The van der Waals surface area contributed by atoms with Crippen molar-refractivity contribution in [1.82, 2.24) is 4.98 Å². The van der Waals surface area contributed by atoms with Crippen LogP contribution in [0.5, 0.6) is 0 Å². The molecule has 0 radical (unpaired) electrons. The van der Waals surface area contributed by atoms with E-state index in [-0.39, 0.29) is 13.1 Å². The van der Waals surface area contributed by atoms with Gasteiger partial charge in [0.25, 0.3) is 0 Å². The molecule has 45 heavy (non-hydrogen) atoms. The summed E-state index contributed by atoms with van der Waals surface area (Å²) >= 11 is 0.194. The molecule has 0 saturated carbocycles. The van der Waals surface area contributed by atoms with Crippen molar-refractivity contribution in [2.75, 3.05) is 0 Å². The van der Waals surface area contributed by atoms with Crippen molar-refractivity contribution in [2.45, 2.75) is 51.4 Å². The third-order valence-electron chi connectivity index (χ3n) is 8.54. The molecule has 0 bridgehead atoms. The summed E-state index contributed by atoms with van der Waals surface area (Å²) in [7, 11) is 9.53. The Labute approximate surface area is 281 Å². The molecular formula is C39H35Cl2FeN3. The Hall–Kier alpha value is -3.53. The molecule has 228 valence electrons. The number of halogens is 2. The van der Waals surface area contributed by atoms with E-state index in [2.05, 4.69) is 115 Å². The Morgan fingerprint density at radius 3 is 1.33 bits per heavy atom. The molecule has 0 atom stereocenters. The van der Waals surface area contributed by atoms with Crippen LogP contribution in [0, 0.1) is 0 Å². The fourth-order valence-electron chi connectivity index (χ4n) is 6.40. The van der Waals surface area contributed by atoms with Crippen molar-refractivity contribution in [3.63, 3.8) is 0 Å². The van der Waals surface area contributed by atoms with Crippen LogP contribution < -0.4 is 0 Å². The maximum Gasteiger partial charge on any atom is 0.0966 e. The van der Waals surface area contributed by atoms with Crippen LogP contribution in [0.2, 0.25) is 0 Å². The molecule has 2 aliphatic rings. The average molecular weight is 672 g/mol. The van der Waals surface area contributed by atoms with E-state index in [1.807, 2.05) is 0 Å². The zero-order valence-electron chi connectivity index (χ0n) is 25.1. The number of aliphatic imine (C=N–C) groups is 2. The molecule has 6 heteroatoms. The number of aryl methyl sites for hydroxylation is 2. The Morgan fingerprint density at radius 1 is 0.489 bits per heavy atom. The molecule has 3 nitrogen and oxygen atoms in total. The van der Waals surface area contributed by atoms with Gasteiger partial charge in [0.2, 0.25) is 0 Å². The minimum Gasteiger partial charge on any atom is -0.246 e. The van der Waals surface area contributed by atoms with Crippen molar-refractivity contribution in [2.24, 2.45) is 9.98 Å². The summed E-state index contributed by atoms with van der Waals surface area (Å²) in [6.07, 6.45) is 9.36. The molecule has 0 spiro atoms. The average Bonchev–Trinajstić information content (AvgIpc) is 3.11. The van der Waals surface area contributed by atoms with E-state index < -0.39 is 0 Å². The maximum atomic E-state index is 5.34. The van der Waals surface area contributed by atoms with Gasteiger partial charge in [0.15, 0.2) is 0 Å². The molecule has 1 heterocycles. The predicted octanol–water partition coefficient (Wildman–Crippen LogP) is 10.6. The zero-order chi connectivity index (χ0) is 30.8. The van der Waals surface area contributed by atoms with Crippen molar-refractivity contribution in [3.8, 4) is 0 Å². The molecule has 1 aromatic heterocycles. The summed E-state index contributed by atoms with van der Waals surface area (Å²) in [5.74, 6) is 0. The van der Waals surface area contributed by atoms with Gasteiger partial charge >= 0.3 is 33.3 Å². The van der Waals surface area contributed by atoms with Gasteiger partial charge in [-0.15, -0.1) is 0 Å². The second kappa shape index (κ2) is 15.7. The number of rotatable bonds is 6. The van der Waals surface area contributed by atoms with Gasteiger partial charge in [-0.25, -0.2) is 15.0 Å². The normalized spacial score (nSPS) is 14.6. The van der Waals surface area contributed by atoms with Crippen molar-refractivity contribution >= 4 is 43.0 Å². The van der Waals surface area contributed by atoms with E-state index in [9.17, 15) is 0 Å². The van der Waals surface area contributed by atoms with Crippen LogP contribution in [0.15, 0.2) is 125 Å². The van der Waals surface area contributed by atoms with Gasteiger partial charge in [-0.05, 0) is 97.9 Å². The Bertz CT molecular complexity index is 1670. The van der Waals surface area contributed by atoms with Gasteiger partial charge < -0.3 is 0 Å². The third kappa shape index (κ3) is 7.65. The van der Waals surface area contributed by atoms with Gasteiger partial charge in [-0.3, -0.25) is 0 Å². The van der Waals surface area contributed by atoms with Gasteiger partial charge in [-0.1, -0.05) is 91.0 Å². The minimum absolute atomic E-state index is 0.194. The van der Waals surface area contributed by atoms with E-state index in [1.165, 1.54) is 47.9 Å².